The number of ether oxygens (including phenoxy) is 3. The third-order valence-corrected chi connectivity index (χ3v) is 4.76. The van der Waals surface area contributed by atoms with E-state index in [1.165, 1.54) is 14.2 Å². The lowest BCUT2D eigenvalue weighted by atomic mass is 10.1. The average Bonchev–Trinajstić information content (AvgIpc) is 2.73. The summed E-state index contributed by atoms with van der Waals surface area (Å²) in [4.78, 5) is 12.7. The van der Waals surface area contributed by atoms with Crippen LogP contribution in [0, 0.1) is 0 Å². The standard InChI is InChI=1S/C22H20BrNO4/c1-26-19-12-16(22(25)24-18-11-7-6-10-17(18)23)13-20(27-2)21(19)28-14-15-8-4-3-5-9-15/h3-13H,14H2,1-2H3,(H,24,25). The molecule has 3 rings (SSSR count). The summed E-state index contributed by atoms with van der Waals surface area (Å²) in [7, 11) is 3.05. The van der Waals surface area contributed by atoms with Gasteiger partial charge in [0.2, 0.25) is 5.75 Å². The third kappa shape index (κ3) is 4.64. The van der Waals surface area contributed by atoms with E-state index in [0.717, 1.165) is 10.0 Å². The zero-order valence-corrected chi connectivity index (χ0v) is 17.2. The second-order valence-electron chi connectivity index (χ2n) is 5.92. The van der Waals surface area contributed by atoms with E-state index in [4.69, 9.17) is 14.2 Å². The predicted molar refractivity (Wildman–Crippen MR) is 112 cm³/mol. The van der Waals surface area contributed by atoms with E-state index in [1.54, 1.807) is 12.1 Å². The summed E-state index contributed by atoms with van der Waals surface area (Å²) >= 11 is 3.42. The number of amides is 1. The molecular weight excluding hydrogens is 422 g/mol. The first-order chi connectivity index (χ1) is 13.6. The number of methoxy groups -OCH3 is 2. The molecule has 1 amide bonds. The molecule has 0 spiro atoms. The molecule has 0 aromatic heterocycles. The quantitative estimate of drug-likeness (QED) is 0.540. The fraction of sp³-hybridized carbons (Fsp3) is 0.136. The number of rotatable bonds is 7. The minimum atomic E-state index is -0.280. The Morgan fingerprint density at radius 2 is 1.54 bits per heavy atom. The first-order valence-electron chi connectivity index (χ1n) is 8.61. The fourth-order valence-electron chi connectivity index (χ4n) is 2.64. The van der Waals surface area contributed by atoms with E-state index >= 15 is 0 Å². The molecule has 3 aromatic carbocycles. The molecule has 0 fully saturated rings. The molecule has 1 N–H and O–H groups in total. The maximum Gasteiger partial charge on any atom is 0.255 e. The Morgan fingerprint density at radius 3 is 2.14 bits per heavy atom. The molecule has 0 heterocycles. The summed E-state index contributed by atoms with van der Waals surface area (Å²) in [6.45, 7) is 0.357. The fourth-order valence-corrected chi connectivity index (χ4v) is 3.02. The van der Waals surface area contributed by atoms with Crippen LogP contribution >= 0.6 is 15.9 Å². The van der Waals surface area contributed by atoms with Gasteiger partial charge in [0.25, 0.3) is 5.91 Å². The first-order valence-corrected chi connectivity index (χ1v) is 9.40. The number of anilines is 1. The van der Waals surface area contributed by atoms with E-state index in [9.17, 15) is 4.79 Å². The highest BCUT2D eigenvalue weighted by atomic mass is 79.9. The Morgan fingerprint density at radius 1 is 0.929 bits per heavy atom. The molecule has 0 atom stereocenters. The van der Waals surface area contributed by atoms with Crippen LogP contribution in [-0.4, -0.2) is 20.1 Å². The zero-order valence-electron chi connectivity index (χ0n) is 15.6. The van der Waals surface area contributed by atoms with Crippen molar-refractivity contribution in [3.05, 3.63) is 82.3 Å². The topological polar surface area (TPSA) is 56.8 Å². The number of halogens is 1. The van der Waals surface area contributed by atoms with Crippen molar-refractivity contribution < 1.29 is 19.0 Å². The molecule has 144 valence electrons. The SMILES string of the molecule is COc1cc(C(=O)Nc2ccccc2Br)cc(OC)c1OCc1ccccc1. The highest BCUT2D eigenvalue weighted by molar-refractivity contribution is 9.10. The van der Waals surface area contributed by atoms with E-state index in [0.29, 0.717) is 35.1 Å². The van der Waals surface area contributed by atoms with Crippen LogP contribution in [0.5, 0.6) is 17.2 Å². The first kappa shape index (κ1) is 19.8. The Bertz CT molecular complexity index is 935. The van der Waals surface area contributed by atoms with Gasteiger partial charge in [-0.3, -0.25) is 4.79 Å². The highest BCUT2D eigenvalue weighted by Crippen LogP contribution is 2.39. The van der Waals surface area contributed by atoms with E-state index in [-0.39, 0.29) is 5.91 Å². The van der Waals surface area contributed by atoms with Gasteiger partial charge in [0, 0.05) is 10.0 Å². The number of hydrogen-bond acceptors (Lipinski definition) is 4. The van der Waals surface area contributed by atoms with Crippen LogP contribution in [-0.2, 0) is 6.61 Å². The van der Waals surface area contributed by atoms with Crippen molar-refractivity contribution in [2.24, 2.45) is 0 Å². The molecule has 0 unspecified atom stereocenters. The maximum atomic E-state index is 12.7. The van der Waals surface area contributed by atoms with Gasteiger partial charge in [-0.2, -0.15) is 0 Å². The average molecular weight is 442 g/mol. The summed E-state index contributed by atoms with van der Waals surface area (Å²) in [5.41, 5.74) is 2.09. The van der Waals surface area contributed by atoms with Crippen molar-refractivity contribution in [2.75, 3.05) is 19.5 Å². The third-order valence-electron chi connectivity index (χ3n) is 4.07. The lowest BCUT2D eigenvalue weighted by molar-refractivity contribution is 0.102. The molecule has 0 aliphatic rings. The summed E-state index contributed by atoms with van der Waals surface area (Å²) < 4.78 is 17.6. The number of benzene rings is 3. The lowest BCUT2D eigenvalue weighted by Crippen LogP contribution is -2.13. The number of para-hydroxylation sites is 1. The van der Waals surface area contributed by atoms with Crippen molar-refractivity contribution in [2.45, 2.75) is 6.61 Å². The van der Waals surface area contributed by atoms with Crippen molar-refractivity contribution in [3.63, 3.8) is 0 Å². The van der Waals surface area contributed by atoms with E-state index in [2.05, 4.69) is 21.2 Å². The van der Waals surface area contributed by atoms with Gasteiger partial charge in [-0.25, -0.2) is 0 Å². The van der Waals surface area contributed by atoms with Crippen LogP contribution in [0.1, 0.15) is 15.9 Å². The Labute approximate surface area is 172 Å². The van der Waals surface area contributed by atoms with Crippen molar-refractivity contribution >= 4 is 27.5 Å². The monoisotopic (exact) mass is 441 g/mol. The normalized spacial score (nSPS) is 10.2. The Hall–Kier alpha value is -2.99. The molecule has 0 saturated heterocycles. The van der Waals surface area contributed by atoms with Crippen LogP contribution in [0.15, 0.2) is 71.2 Å². The molecule has 0 saturated carbocycles. The molecule has 0 aliphatic heterocycles. The summed E-state index contributed by atoms with van der Waals surface area (Å²) in [6, 6.07) is 20.5. The summed E-state index contributed by atoms with van der Waals surface area (Å²) in [5.74, 6) is 1.02. The minimum absolute atomic E-state index is 0.280. The van der Waals surface area contributed by atoms with Gasteiger partial charge in [0.15, 0.2) is 11.5 Å². The van der Waals surface area contributed by atoms with E-state index < -0.39 is 0 Å². The van der Waals surface area contributed by atoms with Crippen molar-refractivity contribution in [1.82, 2.24) is 0 Å². The van der Waals surface area contributed by atoms with Crippen LogP contribution < -0.4 is 19.5 Å². The van der Waals surface area contributed by atoms with Gasteiger partial charge in [-0.15, -0.1) is 0 Å². The van der Waals surface area contributed by atoms with Crippen molar-refractivity contribution in [3.8, 4) is 17.2 Å². The highest BCUT2D eigenvalue weighted by Gasteiger charge is 2.18. The number of carbonyl (C=O) groups is 1. The van der Waals surface area contributed by atoms with Gasteiger partial charge < -0.3 is 19.5 Å². The van der Waals surface area contributed by atoms with Gasteiger partial charge in [-0.05, 0) is 45.8 Å². The largest absolute Gasteiger partial charge is 0.493 e. The number of nitrogens with one attached hydrogen (secondary N) is 1. The Balaban J connectivity index is 1.85. The van der Waals surface area contributed by atoms with Crippen LogP contribution in [0.25, 0.3) is 0 Å². The van der Waals surface area contributed by atoms with Crippen LogP contribution in [0.4, 0.5) is 5.69 Å². The number of hydrogen-bond donors (Lipinski definition) is 1. The second-order valence-corrected chi connectivity index (χ2v) is 6.77. The Kier molecular flexibility index (Phi) is 6.55. The smallest absolute Gasteiger partial charge is 0.255 e. The minimum Gasteiger partial charge on any atom is -0.493 e. The molecule has 28 heavy (non-hydrogen) atoms. The van der Waals surface area contributed by atoms with Gasteiger partial charge >= 0.3 is 0 Å². The second kappa shape index (κ2) is 9.28. The predicted octanol–water partition coefficient (Wildman–Crippen LogP) is 5.30. The van der Waals surface area contributed by atoms with Gasteiger partial charge in [-0.1, -0.05) is 42.5 Å². The molecule has 0 radical (unpaired) electrons. The molecule has 0 bridgehead atoms. The van der Waals surface area contributed by atoms with Crippen LogP contribution in [0.2, 0.25) is 0 Å². The maximum absolute atomic E-state index is 12.7. The summed E-state index contributed by atoms with van der Waals surface area (Å²) in [5, 5.41) is 2.87. The molecular formula is C22H20BrNO4. The molecule has 6 heteroatoms. The van der Waals surface area contributed by atoms with Gasteiger partial charge in [0.1, 0.15) is 6.61 Å². The zero-order chi connectivity index (χ0) is 19.9. The lowest BCUT2D eigenvalue weighted by Gasteiger charge is -2.16. The molecule has 0 aliphatic carbocycles. The summed E-state index contributed by atoms with van der Waals surface area (Å²) in [6.07, 6.45) is 0. The number of carbonyl (C=O) groups excluding carboxylic acids is 1. The van der Waals surface area contributed by atoms with E-state index in [1.807, 2.05) is 54.6 Å². The van der Waals surface area contributed by atoms with Crippen molar-refractivity contribution in [1.29, 1.82) is 0 Å². The van der Waals surface area contributed by atoms with Gasteiger partial charge in [0.05, 0.1) is 19.9 Å². The molecule has 3 aromatic rings. The van der Waals surface area contributed by atoms with Crippen LogP contribution in [0.3, 0.4) is 0 Å². The molecule has 5 nitrogen and oxygen atoms in total.